The minimum atomic E-state index is -0.856. The number of hydrogen-bond donors (Lipinski definition) is 0. The summed E-state index contributed by atoms with van der Waals surface area (Å²) in [7, 11) is 1.16. The number of methoxy groups -OCH3 is 1. The van der Waals surface area contributed by atoms with Gasteiger partial charge < -0.3 is 4.74 Å². The zero-order valence-electron chi connectivity index (χ0n) is 6.17. The Hall–Kier alpha value is -1.16. The van der Waals surface area contributed by atoms with Gasteiger partial charge in [0.05, 0.1) is 7.11 Å². The van der Waals surface area contributed by atoms with Gasteiger partial charge in [-0.05, 0) is 6.07 Å². The van der Waals surface area contributed by atoms with E-state index < -0.39 is 11.8 Å². The first-order valence-electron chi connectivity index (χ1n) is 3.05. The lowest BCUT2D eigenvalue weighted by molar-refractivity contribution is 0.0595. The monoisotopic (exact) mass is 189 g/mol. The minimum absolute atomic E-state index is 0.211. The maximum atomic E-state index is 12.9. The lowest BCUT2D eigenvalue weighted by Gasteiger charge is -2.00. The molecule has 0 aliphatic carbocycles. The highest BCUT2D eigenvalue weighted by Gasteiger charge is 2.14. The molecule has 12 heavy (non-hydrogen) atoms. The number of nitrogens with zero attached hydrogens (tertiary/aromatic N) is 1. The Morgan fingerprint density at radius 2 is 2.42 bits per heavy atom. The number of pyridine rings is 1. The lowest BCUT2D eigenvalue weighted by Crippen LogP contribution is -2.05. The van der Waals surface area contributed by atoms with Crippen LogP contribution in [0.4, 0.5) is 4.39 Å². The van der Waals surface area contributed by atoms with E-state index in [0.29, 0.717) is 0 Å². The average Bonchev–Trinajstić information content (AvgIpc) is 2.08. The van der Waals surface area contributed by atoms with Crippen molar-refractivity contribution in [2.75, 3.05) is 7.11 Å². The molecule has 0 fully saturated rings. The second kappa shape index (κ2) is 3.49. The van der Waals surface area contributed by atoms with Crippen LogP contribution < -0.4 is 0 Å². The summed E-state index contributed by atoms with van der Waals surface area (Å²) in [6, 6.07) is 1.20. The van der Waals surface area contributed by atoms with Crippen molar-refractivity contribution in [1.82, 2.24) is 4.98 Å². The van der Waals surface area contributed by atoms with E-state index in [2.05, 4.69) is 9.72 Å². The van der Waals surface area contributed by atoms with Crippen molar-refractivity contribution >= 4 is 17.6 Å². The highest BCUT2D eigenvalue weighted by molar-refractivity contribution is 6.29. The fourth-order valence-corrected chi connectivity index (χ4v) is 0.844. The lowest BCUT2D eigenvalue weighted by atomic mass is 10.2. The van der Waals surface area contributed by atoms with Gasteiger partial charge in [-0.15, -0.1) is 0 Å². The molecule has 0 aromatic carbocycles. The number of halogens is 2. The Balaban J connectivity index is 3.16. The quantitative estimate of drug-likeness (QED) is 0.498. The van der Waals surface area contributed by atoms with Gasteiger partial charge in [-0.25, -0.2) is 14.2 Å². The molecule has 0 spiro atoms. The number of hydrogen-bond acceptors (Lipinski definition) is 3. The minimum Gasteiger partial charge on any atom is -0.465 e. The molecule has 0 aliphatic rings. The third-order valence-electron chi connectivity index (χ3n) is 1.25. The van der Waals surface area contributed by atoms with Crippen LogP contribution in [0.2, 0.25) is 5.15 Å². The fourth-order valence-electron chi connectivity index (χ4n) is 0.686. The summed E-state index contributed by atoms with van der Waals surface area (Å²) in [5.41, 5.74) is -0.211. The van der Waals surface area contributed by atoms with E-state index in [0.717, 1.165) is 7.11 Å². The summed E-state index contributed by atoms with van der Waals surface area (Å²) in [6.07, 6.45) is 1.23. The molecule has 64 valence electrons. The number of carbonyl (C=O) groups is 1. The Bertz CT molecular complexity index is 316. The molecule has 1 rings (SSSR count). The molecule has 1 aromatic heterocycles. The molecule has 0 N–H and O–H groups in total. The normalized spacial score (nSPS) is 9.58. The summed E-state index contributed by atoms with van der Waals surface area (Å²) >= 11 is 5.32. The Kier molecular flexibility index (Phi) is 2.60. The van der Waals surface area contributed by atoms with Crippen molar-refractivity contribution in [3.63, 3.8) is 0 Å². The van der Waals surface area contributed by atoms with Crippen molar-refractivity contribution in [1.29, 1.82) is 0 Å². The predicted molar refractivity (Wildman–Crippen MR) is 40.5 cm³/mol. The van der Waals surface area contributed by atoms with E-state index in [9.17, 15) is 9.18 Å². The molecule has 0 atom stereocenters. The highest BCUT2D eigenvalue weighted by Crippen LogP contribution is 2.15. The van der Waals surface area contributed by atoms with Crippen molar-refractivity contribution in [3.8, 4) is 0 Å². The molecule has 5 heteroatoms. The molecular weight excluding hydrogens is 185 g/mol. The zero-order valence-corrected chi connectivity index (χ0v) is 6.93. The predicted octanol–water partition coefficient (Wildman–Crippen LogP) is 1.66. The van der Waals surface area contributed by atoms with Gasteiger partial charge in [0.15, 0.2) is 11.0 Å². The zero-order chi connectivity index (χ0) is 9.14. The largest absolute Gasteiger partial charge is 0.465 e. The number of esters is 1. The van der Waals surface area contributed by atoms with Gasteiger partial charge in [0.25, 0.3) is 0 Å². The molecular formula is C7H5ClFNO2. The summed E-state index contributed by atoms with van der Waals surface area (Å²) < 4.78 is 17.3. The van der Waals surface area contributed by atoms with Crippen molar-refractivity contribution in [3.05, 3.63) is 28.8 Å². The Labute approximate surface area is 73.1 Å². The molecule has 0 saturated carbocycles. The fraction of sp³-hybridized carbons (Fsp3) is 0.143. The molecule has 0 radical (unpaired) electrons. The molecule has 0 bridgehead atoms. The van der Waals surface area contributed by atoms with Crippen LogP contribution in [-0.4, -0.2) is 18.1 Å². The van der Waals surface area contributed by atoms with Gasteiger partial charge in [-0.1, -0.05) is 11.6 Å². The first-order valence-corrected chi connectivity index (χ1v) is 3.43. The van der Waals surface area contributed by atoms with Crippen LogP contribution in [0.25, 0.3) is 0 Å². The summed E-state index contributed by atoms with van der Waals surface area (Å²) in [5, 5.41) is -0.335. The van der Waals surface area contributed by atoms with Gasteiger partial charge in [-0.2, -0.15) is 0 Å². The molecule has 1 heterocycles. The molecule has 0 unspecified atom stereocenters. The second-order valence-electron chi connectivity index (χ2n) is 1.95. The number of carbonyl (C=O) groups excluding carboxylic acids is 1. The van der Waals surface area contributed by atoms with Gasteiger partial charge in [0, 0.05) is 6.20 Å². The molecule has 0 amide bonds. The molecule has 1 aromatic rings. The highest BCUT2D eigenvalue weighted by atomic mass is 35.5. The Morgan fingerprint density at radius 1 is 1.75 bits per heavy atom. The number of rotatable bonds is 1. The average molecular weight is 190 g/mol. The second-order valence-corrected chi connectivity index (χ2v) is 2.31. The van der Waals surface area contributed by atoms with Crippen molar-refractivity contribution in [2.45, 2.75) is 0 Å². The van der Waals surface area contributed by atoms with Crippen LogP contribution in [0.15, 0.2) is 12.3 Å². The van der Waals surface area contributed by atoms with E-state index in [4.69, 9.17) is 11.6 Å². The Morgan fingerprint density at radius 3 is 3.00 bits per heavy atom. The van der Waals surface area contributed by atoms with Crippen LogP contribution in [0.5, 0.6) is 0 Å². The first-order chi connectivity index (χ1) is 5.66. The van der Waals surface area contributed by atoms with Gasteiger partial charge >= 0.3 is 5.97 Å². The maximum absolute atomic E-state index is 12.9. The van der Waals surface area contributed by atoms with Gasteiger partial charge in [0.2, 0.25) is 0 Å². The van der Waals surface area contributed by atoms with Gasteiger partial charge in [0.1, 0.15) is 5.56 Å². The van der Waals surface area contributed by atoms with Crippen LogP contribution in [0, 0.1) is 5.82 Å². The van der Waals surface area contributed by atoms with E-state index in [1.165, 1.54) is 12.3 Å². The molecule has 0 aliphatic heterocycles. The number of aromatic nitrogens is 1. The third kappa shape index (κ3) is 1.53. The number of ether oxygens (including phenoxy) is 1. The van der Waals surface area contributed by atoms with Crippen molar-refractivity contribution < 1.29 is 13.9 Å². The van der Waals surface area contributed by atoms with Gasteiger partial charge in [-0.3, -0.25) is 0 Å². The third-order valence-corrected chi connectivity index (χ3v) is 1.52. The first kappa shape index (κ1) is 8.93. The van der Waals surface area contributed by atoms with Crippen LogP contribution in [-0.2, 0) is 4.74 Å². The van der Waals surface area contributed by atoms with Crippen molar-refractivity contribution in [2.24, 2.45) is 0 Å². The van der Waals surface area contributed by atoms with Crippen LogP contribution in [0.3, 0.4) is 0 Å². The van der Waals surface area contributed by atoms with E-state index >= 15 is 0 Å². The maximum Gasteiger partial charge on any atom is 0.341 e. The van der Waals surface area contributed by atoms with Crippen LogP contribution >= 0.6 is 11.6 Å². The van der Waals surface area contributed by atoms with Crippen LogP contribution in [0.1, 0.15) is 10.4 Å². The van der Waals surface area contributed by atoms with E-state index in [1.807, 2.05) is 0 Å². The molecule has 0 saturated heterocycles. The van der Waals surface area contributed by atoms with E-state index in [-0.39, 0.29) is 10.7 Å². The SMILES string of the molecule is COC(=O)c1ccnc(Cl)c1F. The summed E-state index contributed by atoms with van der Waals surface area (Å²) in [5.74, 6) is -1.62. The standard InChI is InChI=1S/C7H5ClFNO2/c1-12-7(11)4-2-3-10-6(8)5(4)9/h2-3H,1H3. The topological polar surface area (TPSA) is 39.2 Å². The summed E-state index contributed by atoms with van der Waals surface area (Å²) in [4.78, 5) is 14.3. The summed E-state index contributed by atoms with van der Waals surface area (Å²) in [6.45, 7) is 0. The smallest absolute Gasteiger partial charge is 0.341 e. The molecule has 3 nitrogen and oxygen atoms in total. The van der Waals surface area contributed by atoms with E-state index in [1.54, 1.807) is 0 Å².